The van der Waals surface area contributed by atoms with Crippen LogP contribution in [0.4, 0.5) is 8.78 Å². The van der Waals surface area contributed by atoms with Crippen molar-refractivity contribution in [1.29, 1.82) is 0 Å². The molecule has 2 rings (SSSR count). The SMILES string of the molecule is CC(=O)c1ccc(OC2CCCC2)nc1C(F)F. The summed E-state index contributed by atoms with van der Waals surface area (Å²) in [4.78, 5) is 15.0. The molecule has 3 nitrogen and oxygen atoms in total. The van der Waals surface area contributed by atoms with Crippen molar-refractivity contribution in [3.8, 4) is 5.88 Å². The van der Waals surface area contributed by atoms with Crippen LogP contribution in [0.2, 0.25) is 0 Å². The van der Waals surface area contributed by atoms with Crippen molar-refractivity contribution >= 4 is 5.78 Å². The summed E-state index contributed by atoms with van der Waals surface area (Å²) in [5.41, 5.74) is -0.526. The molecule has 1 aliphatic carbocycles. The van der Waals surface area contributed by atoms with Crippen LogP contribution in [0.5, 0.6) is 5.88 Å². The van der Waals surface area contributed by atoms with Crippen LogP contribution in [-0.4, -0.2) is 16.9 Å². The third kappa shape index (κ3) is 2.83. The number of hydrogen-bond acceptors (Lipinski definition) is 3. The smallest absolute Gasteiger partial charge is 0.281 e. The molecule has 98 valence electrons. The normalized spacial score (nSPS) is 16.2. The second-order valence-electron chi connectivity index (χ2n) is 4.46. The van der Waals surface area contributed by atoms with Gasteiger partial charge in [-0.3, -0.25) is 4.79 Å². The molecule has 1 aromatic heterocycles. The van der Waals surface area contributed by atoms with E-state index in [0.29, 0.717) is 0 Å². The van der Waals surface area contributed by atoms with Crippen LogP contribution in [0.15, 0.2) is 12.1 Å². The number of alkyl halides is 2. The first-order valence-electron chi connectivity index (χ1n) is 6.04. The first-order chi connectivity index (χ1) is 8.58. The molecule has 0 N–H and O–H groups in total. The molecule has 1 heterocycles. The molecular formula is C13H15F2NO2. The van der Waals surface area contributed by atoms with E-state index in [1.54, 1.807) is 0 Å². The molecule has 0 unspecified atom stereocenters. The summed E-state index contributed by atoms with van der Waals surface area (Å²) in [5, 5.41) is 0. The van der Waals surface area contributed by atoms with Gasteiger partial charge in [0, 0.05) is 11.6 Å². The van der Waals surface area contributed by atoms with Crippen LogP contribution in [0.1, 0.15) is 55.1 Å². The van der Waals surface area contributed by atoms with Gasteiger partial charge in [0.1, 0.15) is 11.8 Å². The lowest BCUT2D eigenvalue weighted by molar-refractivity contribution is 0.0994. The third-order valence-electron chi connectivity index (χ3n) is 3.07. The molecule has 18 heavy (non-hydrogen) atoms. The predicted molar refractivity (Wildman–Crippen MR) is 62.1 cm³/mol. The summed E-state index contributed by atoms with van der Waals surface area (Å²) in [6, 6.07) is 2.85. The van der Waals surface area contributed by atoms with Crippen molar-refractivity contribution in [1.82, 2.24) is 4.98 Å². The summed E-state index contributed by atoms with van der Waals surface area (Å²) >= 11 is 0. The van der Waals surface area contributed by atoms with Gasteiger partial charge in [0.2, 0.25) is 5.88 Å². The van der Waals surface area contributed by atoms with Crippen LogP contribution < -0.4 is 4.74 Å². The lowest BCUT2D eigenvalue weighted by Gasteiger charge is -2.14. The third-order valence-corrected chi connectivity index (χ3v) is 3.07. The fourth-order valence-corrected chi connectivity index (χ4v) is 2.16. The number of halogens is 2. The van der Waals surface area contributed by atoms with E-state index >= 15 is 0 Å². The number of carbonyl (C=O) groups is 1. The maximum Gasteiger partial charge on any atom is 0.281 e. The maximum absolute atomic E-state index is 12.8. The number of Topliss-reactive ketones (excluding diaryl/α,β-unsaturated/α-hetero) is 1. The highest BCUT2D eigenvalue weighted by Gasteiger charge is 2.21. The molecule has 0 amide bonds. The second kappa shape index (κ2) is 5.42. The first-order valence-corrected chi connectivity index (χ1v) is 6.04. The van der Waals surface area contributed by atoms with E-state index in [0.717, 1.165) is 25.7 Å². The van der Waals surface area contributed by atoms with Crippen LogP contribution in [0.3, 0.4) is 0 Å². The van der Waals surface area contributed by atoms with Crippen LogP contribution >= 0.6 is 0 Å². The van der Waals surface area contributed by atoms with Gasteiger partial charge in [0.05, 0.1) is 0 Å². The Kier molecular flexibility index (Phi) is 3.89. The summed E-state index contributed by atoms with van der Waals surface area (Å²) in [5.74, 6) is -0.229. The largest absolute Gasteiger partial charge is 0.474 e. The van der Waals surface area contributed by atoms with E-state index in [9.17, 15) is 13.6 Å². The van der Waals surface area contributed by atoms with Crippen molar-refractivity contribution in [2.24, 2.45) is 0 Å². The van der Waals surface area contributed by atoms with Crippen LogP contribution in [-0.2, 0) is 0 Å². The quantitative estimate of drug-likeness (QED) is 0.772. The van der Waals surface area contributed by atoms with E-state index in [2.05, 4.69) is 4.98 Å². The van der Waals surface area contributed by atoms with Gasteiger partial charge in [-0.2, -0.15) is 0 Å². The fourth-order valence-electron chi connectivity index (χ4n) is 2.16. The molecule has 0 aliphatic heterocycles. The van der Waals surface area contributed by atoms with Crippen molar-refractivity contribution in [2.75, 3.05) is 0 Å². The molecule has 0 atom stereocenters. The van der Waals surface area contributed by atoms with Gasteiger partial charge in [-0.1, -0.05) is 0 Å². The number of nitrogens with zero attached hydrogens (tertiary/aromatic N) is 1. The average molecular weight is 255 g/mol. The number of carbonyl (C=O) groups excluding carboxylic acids is 1. The number of ketones is 1. The Morgan fingerprint density at radius 1 is 1.39 bits per heavy atom. The Morgan fingerprint density at radius 3 is 2.61 bits per heavy atom. The Balaban J connectivity index is 2.22. The Morgan fingerprint density at radius 2 is 2.06 bits per heavy atom. The first kappa shape index (κ1) is 12.9. The van der Waals surface area contributed by atoms with Gasteiger partial charge in [-0.15, -0.1) is 0 Å². The summed E-state index contributed by atoms with van der Waals surface area (Å²) < 4.78 is 31.2. The Bertz CT molecular complexity index is 443. The van der Waals surface area contributed by atoms with Gasteiger partial charge in [-0.05, 0) is 38.7 Å². The minimum Gasteiger partial charge on any atom is -0.474 e. The van der Waals surface area contributed by atoms with Gasteiger partial charge < -0.3 is 4.74 Å². The highest BCUT2D eigenvalue weighted by molar-refractivity contribution is 5.95. The molecule has 0 spiro atoms. The maximum atomic E-state index is 12.8. The van der Waals surface area contributed by atoms with Crippen molar-refractivity contribution in [3.05, 3.63) is 23.4 Å². The highest BCUT2D eigenvalue weighted by Crippen LogP contribution is 2.27. The number of ether oxygens (including phenoxy) is 1. The zero-order chi connectivity index (χ0) is 13.1. The average Bonchev–Trinajstić information content (AvgIpc) is 2.81. The second-order valence-corrected chi connectivity index (χ2v) is 4.46. The van der Waals surface area contributed by atoms with Crippen LogP contribution in [0.25, 0.3) is 0 Å². The minimum atomic E-state index is -2.77. The summed E-state index contributed by atoms with van der Waals surface area (Å²) in [6.07, 6.45) is 1.35. The van der Waals surface area contributed by atoms with E-state index < -0.39 is 17.9 Å². The summed E-state index contributed by atoms with van der Waals surface area (Å²) in [6.45, 7) is 1.25. The molecule has 1 saturated carbocycles. The Hall–Kier alpha value is -1.52. The number of hydrogen-bond donors (Lipinski definition) is 0. The van der Waals surface area contributed by atoms with E-state index in [1.807, 2.05) is 0 Å². The molecule has 0 saturated heterocycles. The van der Waals surface area contributed by atoms with Gasteiger partial charge >= 0.3 is 0 Å². The zero-order valence-corrected chi connectivity index (χ0v) is 10.2. The fraction of sp³-hybridized carbons (Fsp3) is 0.538. The predicted octanol–water partition coefficient (Wildman–Crippen LogP) is 3.54. The van der Waals surface area contributed by atoms with Crippen LogP contribution in [0, 0.1) is 0 Å². The molecule has 5 heteroatoms. The molecule has 1 aromatic rings. The summed E-state index contributed by atoms with van der Waals surface area (Å²) in [7, 11) is 0. The monoisotopic (exact) mass is 255 g/mol. The number of rotatable bonds is 4. The van der Waals surface area contributed by atoms with Crippen molar-refractivity contribution in [2.45, 2.75) is 45.1 Å². The van der Waals surface area contributed by atoms with Gasteiger partial charge in [0.15, 0.2) is 5.78 Å². The highest BCUT2D eigenvalue weighted by atomic mass is 19.3. The lowest BCUT2D eigenvalue weighted by Crippen LogP contribution is -2.13. The standard InChI is InChI=1S/C13H15F2NO2/c1-8(17)10-6-7-11(16-12(10)13(14)15)18-9-4-2-3-5-9/h6-7,9,13H,2-5H2,1H3. The molecule has 0 aromatic carbocycles. The van der Waals surface area contributed by atoms with E-state index in [4.69, 9.17) is 4.74 Å². The number of aromatic nitrogens is 1. The topological polar surface area (TPSA) is 39.2 Å². The Labute approximate surface area is 104 Å². The molecule has 0 bridgehead atoms. The molecular weight excluding hydrogens is 240 g/mol. The van der Waals surface area contributed by atoms with Crippen molar-refractivity contribution in [3.63, 3.8) is 0 Å². The van der Waals surface area contributed by atoms with Gasteiger partial charge in [0.25, 0.3) is 6.43 Å². The zero-order valence-electron chi connectivity index (χ0n) is 10.2. The lowest BCUT2D eigenvalue weighted by atomic mass is 10.1. The minimum absolute atomic E-state index is 0.0382. The molecule has 1 fully saturated rings. The van der Waals surface area contributed by atoms with E-state index in [-0.39, 0.29) is 17.5 Å². The number of pyridine rings is 1. The molecule has 1 aliphatic rings. The van der Waals surface area contributed by atoms with Gasteiger partial charge in [-0.25, -0.2) is 13.8 Å². The van der Waals surface area contributed by atoms with E-state index in [1.165, 1.54) is 19.1 Å². The van der Waals surface area contributed by atoms with Crippen molar-refractivity contribution < 1.29 is 18.3 Å². The molecule has 0 radical (unpaired) electrons.